The van der Waals surface area contributed by atoms with Crippen molar-refractivity contribution in [2.24, 2.45) is 0 Å². The number of aryl methyl sites for hydroxylation is 2. The largest absolute Gasteiger partial charge is 0.494 e. The molecule has 38 heavy (non-hydrogen) atoms. The fraction of sp³-hybridized carbons (Fsp3) is 0.300. The zero-order valence-corrected chi connectivity index (χ0v) is 22.7. The summed E-state index contributed by atoms with van der Waals surface area (Å²) in [4.78, 5) is 37.3. The second kappa shape index (κ2) is 12.9. The lowest BCUT2D eigenvalue weighted by molar-refractivity contribution is -0.127. The Morgan fingerprint density at radius 1 is 0.921 bits per heavy atom. The molecule has 0 spiro atoms. The molecule has 1 atom stereocenters. The third kappa shape index (κ3) is 6.98. The number of urea groups is 1. The van der Waals surface area contributed by atoms with Crippen LogP contribution in [0.25, 0.3) is 0 Å². The van der Waals surface area contributed by atoms with E-state index in [0.29, 0.717) is 30.2 Å². The second-order valence-electron chi connectivity index (χ2n) is 9.23. The van der Waals surface area contributed by atoms with Crippen LogP contribution < -0.4 is 19.9 Å². The molecule has 8 nitrogen and oxygen atoms in total. The van der Waals surface area contributed by atoms with Gasteiger partial charge in [-0.2, -0.15) is 0 Å². The fourth-order valence-corrected chi connectivity index (χ4v) is 4.17. The van der Waals surface area contributed by atoms with E-state index in [4.69, 9.17) is 9.47 Å². The molecule has 0 radical (unpaired) electrons. The number of nitrogens with zero attached hydrogens (tertiary/aromatic N) is 1. The van der Waals surface area contributed by atoms with Crippen molar-refractivity contribution < 1.29 is 23.9 Å². The number of carbonyl (C=O) groups excluding carboxylic acids is 3. The molecule has 0 aliphatic carbocycles. The lowest BCUT2D eigenvalue weighted by atomic mass is 10.1. The summed E-state index contributed by atoms with van der Waals surface area (Å²) in [6.07, 6.45) is 1.50. The number of esters is 1. The quantitative estimate of drug-likeness (QED) is 0.256. The summed E-state index contributed by atoms with van der Waals surface area (Å²) >= 11 is 0. The van der Waals surface area contributed by atoms with Gasteiger partial charge in [-0.3, -0.25) is 0 Å². The SMILES string of the molecule is CCOC(=O)c1ccc(CCC[N+](C)(C(C)=O)c2ccc(NC(=O)Nc3ccccc3C)c(OC)c2)cc1. The number of quaternary nitrogens is 1. The molecule has 0 aromatic heterocycles. The lowest BCUT2D eigenvalue weighted by Gasteiger charge is -2.30. The summed E-state index contributed by atoms with van der Waals surface area (Å²) < 4.78 is 10.7. The van der Waals surface area contributed by atoms with Crippen LogP contribution >= 0.6 is 0 Å². The number of para-hydroxylation sites is 1. The van der Waals surface area contributed by atoms with E-state index in [2.05, 4.69) is 10.6 Å². The Hall–Kier alpha value is -4.17. The van der Waals surface area contributed by atoms with E-state index in [1.54, 1.807) is 38.1 Å². The number of amides is 3. The van der Waals surface area contributed by atoms with Gasteiger partial charge in [0.15, 0.2) is 0 Å². The van der Waals surface area contributed by atoms with Gasteiger partial charge in [-0.05, 0) is 55.7 Å². The third-order valence-electron chi connectivity index (χ3n) is 6.63. The Bertz CT molecular complexity index is 1290. The Labute approximate surface area is 224 Å². The molecule has 0 saturated carbocycles. The van der Waals surface area contributed by atoms with Crippen LogP contribution in [0.4, 0.5) is 21.9 Å². The Morgan fingerprint density at radius 2 is 1.61 bits per heavy atom. The highest BCUT2D eigenvalue weighted by molar-refractivity contribution is 6.01. The average molecular weight is 519 g/mol. The fourth-order valence-electron chi connectivity index (χ4n) is 4.17. The molecule has 0 saturated heterocycles. The number of methoxy groups -OCH3 is 1. The Balaban J connectivity index is 1.69. The highest BCUT2D eigenvalue weighted by Gasteiger charge is 2.31. The van der Waals surface area contributed by atoms with Gasteiger partial charge in [-0.25, -0.2) is 18.9 Å². The van der Waals surface area contributed by atoms with Crippen molar-refractivity contribution >= 4 is 35.0 Å². The van der Waals surface area contributed by atoms with E-state index in [-0.39, 0.29) is 22.4 Å². The highest BCUT2D eigenvalue weighted by Crippen LogP contribution is 2.33. The smallest absolute Gasteiger partial charge is 0.338 e. The molecule has 8 heteroatoms. The number of hydrogen-bond acceptors (Lipinski definition) is 5. The molecular formula is C30H36N3O5+. The number of ether oxygens (including phenoxy) is 2. The van der Waals surface area contributed by atoms with Crippen molar-refractivity contribution in [1.29, 1.82) is 0 Å². The van der Waals surface area contributed by atoms with E-state index in [9.17, 15) is 14.4 Å². The normalized spacial score (nSPS) is 12.2. The van der Waals surface area contributed by atoms with Gasteiger partial charge in [0.25, 0.3) is 0 Å². The second-order valence-corrected chi connectivity index (χ2v) is 9.23. The van der Waals surface area contributed by atoms with Crippen molar-refractivity contribution in [3.05, 3.63) is 83.4 Å². The first-order valence-electron chi connectivity index (χ1n) is 12.6. The number of anilines is 2. The summed E-state index contributed by atoms with van der Waals surface area (Å²) in [5, 5.41) is 5.67. The molecule has 1 unspecified atom stereocenters. The van der Waals surface area contributed by atoms with E-state index in [0.717, 1.165) is 35.3 Å². The van der Waals surface area contributed by atoms with Crippen LogP contribution in [0.1, 0.15) is 41.8 Å². The molecule has 3 aromatic carbocycles. The van der Waals surface area contributed by atoms with E-state index in [1.165, 1.54) is 7.11 Å². The van der Waals surface area contributed by atoms with E-state index in [1.807, 2.05) is 56.4 Å². The molecule has 0 aliphatic rings. The number of hydrogen-bond donors (Lipinski definition) is 2. The van der Waals surface area contributed by atoms with Gasteiger partial charge in [-0.15, -0.1) is 0 Å². The minimum atomic E-state index is -0.386. The Kier molecular flexibility index (Phi) is 9.62. The van der Waals surface area contributed by atoms with Crippen molar-refractivity contribution in [3.63, 3.8) is 0 Å². The van der Waals surface area contributed by atoms with Crippen molar-refractivity contribution in [2.45, 2.75) is 33.6 Å². The first-order chi connectivity index (χ1) is 18.2. The minimum absolute atomic E-state index is 0.0114. The molecular weight excluding hydrogens is 482 g/mol. The third-order valence-corrected chi connectivity index (χ3v) is 6.63. The molecule has 0 bridgehead atoms. The number of benzene rings is 3. The summed E-state index contributed by atoms with van der Waals surface area (Å²) in [5.41, 5.74) is 4.53. The predicted molar refractivity (Wildman–Crippen MR) is 151 cm³/mol. The Morgan fingerprint density at radius 3 is 2.24 bits per heavy atom. The molecule has 2 N–H and O–H groups in total. The van der Waals surface area contributed by atoms with Crippen LogP contribution in [-0.4, -0.2) is 45.2 Å². The summed E-state index contributed by atoms with van der Waals surface area (Å²) in [7, 11) is 3.40. The van der Waals surface area contributed by atoms with Crippen LogP contribution in [0.2, 0.25) is 0 Å². The van der Waals surface area contributed by atoms with Crippen molar-refractivity contribution in [3.8, 4) is 5.75 Å². The molecule has 3 aromatic rings. The van der Waals surface area contributed by atoms with Gasteiger partial charge in [-0.1, -0.05) is 30.3 Å². The van der Waals surface area contributed by atoms with Crippen molar-refractivity contribution in [1.82, 2.24) is 4.48 Å². The predicted octanol–water partition coefficient (Wildman–Crippen LogP) is 5.94. The van der Waals surface area contributed by atoms with E-state index >= 15 is 0 Å². The van der Waals surface area contributed by atoms with Gasteiger partial charge in [0, 0.05) is 24.2 Å². The topological polar surface area (TPSA) is 93.7 Å². The van der Waals surface area contributed by atoms with Gasteiger partial charge in [0.2, 0.25) is 0 Å². The molecule has 0 heterocycles. The zero-order chi connectivity index (χ0) is 27.7. The maximum atomic E-state index is 12.8. The van der Waals surface area contributed by atoms with Crippen molar-refractivity contribution in [2.75, 3.05) is 37.9 Å². The van der Waals surface area contributed by atoms with Gasteiger partial charge >= 0.3 is 17.9 Å². The van der Waals surface area contributed by atoms with E-state index < -0.39 is 0 Å². The summed E-state index contributed by atoms with van der Waals surface area (Å²) in [6, 6.07) is 19.9. The van der Waals surface area contributed by atoms with Crippen LogP contribution in [0.15, 0.2) is 66.7 Å². The van der Waals surface area contributed by atoms with Crippen LogP contribution in [0.3, 0.4) is 0 Å². The molecule has 3 amide bonds. The molecule has 3 rings (SSSR count). The molecule has 0 aliphatic heterocycles. The van der Waals surface area contributed by atoms with Gasteiger partial charge in [0.1, 0.15) is 11.4 Å². The maximum absolute atomic E-state index is 12.8. The lowest BCUT2D eigenvalue weighted by Crippen LogP contribution is -2.50. The standard InChI is InChI=1S/C30H35N3O5/c1-6-38-29(35)24-15-13-23(14-16-24)11-9-19-33(4,22(3)34)25-17-18-27(28(20-25)37-5)32-30(36)31-26-12-8-7-10-21(26)2/h7-8,10,12-18,20H,6,9,11,19H2,1-5H3,(H-,31,32,36)/p+1. The summed E-state index contributed by atoms with van der Waals surface area (Å²) in [5.74, 6) is 0.115. The molecule has 0 fully saturated rings. The zero-order valence-electron chi connectivity index (χ0n) is 22.7. The van der Waals surface area contributed by atoms with Gasteiger partial charge in [0.05, 0.1) is 45.5 Å². The number of nitrogens with one attached hydrogen (secondary N) is 2. The first kappa shape index (κ1) is 28.4. The first-order valence-corrected chi connectivity index (χ1v) is 12.6. The average Bonchev–Trinajstić information content (AvgIpc) is 2.90. The van der Waals surface area contributed by atoms with Crippen LogP contribution in [0.5, 0.6) is 5.75 Å². The minimum Gasteiger partial charge on any atom is -0.494 e. The summed E-state index contributed by atoms with van der Waals surface area (Å²) in [6.45, 7) is 6.18. The monoisotopic (exact) mass is 518 g/mol. The number of carbonyl (C=O) groups is 3. The van der Waals surface area contributed by atoms with Gasteiger partial charge < -0.3 is 20.1 Å². The molecule has 200 valence electrons. The highest BCUT2D eigenvalue weighted by atomic mass is 16.5. The van der Waals surface area contributed by atoms with Crippen LogP contribution in [0, 0.1) is 6.92 Å². The number of rotatable bonds is 10. The van der Waals surface area contributed by atoms with Crippen LogP contribution in [-0.2, 0) is 16.0 Å². The maximum Gasteiger partial charge on any atom is 0.338 e.